The minimum absolute atomic E-state index is 0.0491. The van der Waals surface area contributed by atoms with Gasteiger partial charge in [-0.2, -0.15) is 0 Å². The van der Waals surface area contributed by atoms with Crippen molar-refractivity contribution in [2.75, 3.05) is 5.32 Å². The number of aromatic nitrogens is 2. The zero-order chi connectivity index (χ0) is 16.4. The first-order valence-electron chi connectivity index (χ1n) is 7.53. The lowest BCUT2D eigenvalue weighted by atomic mass is 10.2. The molecule has 0 bridgehead atoms. The molecule has 3 rings (SSSR count). The second-order valence-corrected chi connectivity index (χ2v) is 6.07. The molecule has 1 aromatic heterocycles. The lowest BCUT2D eigenvalue weighted by molar-refractivity contribution is -0.116. The number of nitrogens with one attached hydrogen (secondary N) is 2. The molecule has 1 amide bonds. The van der Waals surface area contributed by atoms with Crippen molar-refractivity contribution >= 4 is 34.2 Å². The lowest BCUT2D eigenvalue weighted by Crippen LogP contribution is -2.13. The minimum atomic E-state index is -0.0491. The van der Waals surface area contributed by atoms with Crippen molar-refractivity contribution in [3.05, 3.63) is 58.4 Å². The number of nitrogens with zero attached hydrogens (tertiary/aromatic N) is 1. The van der Waals surface area contributed by atoms with Crippen LogP contribution in [0.5, 0.6) is 0 Å². The summed E-state index contributed by atoms with van der Waals surface area (Å²) in [6.07, 6.45) is 0.934. The first-order valence-corrected chi connectivity index (χ1v) is 7.91. The van der Waals surface area contributed by atoms with E-state index in [1.165, 1.54) is 5.56 Å². The molecule has 0 radical (unpaired) electrons. The molecule has 118 valence electrons. The summed E-state index contributed by atoms with van der Waals surface area (Å²) in [6, 6.07) is 11.6. The van der Waals surface area contributed by atoms with Crippen LogP contribution < -0.4 is 5.32 Å². The smallest absolute Gasteiger partial charge is 0.224 e. The van der Waals surface area contributed by atoms with Gasteiger partial charge in [-0.1, -0.05) is 23.7 Å². The third kappa shape index (κ3) is 3.54. The molecule has 4 nitrogen and oxygen atoms in total. The van der Waals surface area contributed by atoms with Gasteiger partial charge in [-0.25, -0.2) is 4.98 Å². The molecule has 0 spiro atoms. The highest BCUT2D eigenvalue weighted by Crippen LogP contribution is 2.23. The number of aromatic amines is 1. The molecule has 0 unspecified atom stereocenters. The highest BCUT2D eigenvalue weighted by molar-refractivity contribution is 6.31. The van der Waals surface area contributed by atoms with Crippen molar-refractivity contribution in [1.29, 1.82) is 0 Å². The number of rotatable bonds is 4. The van der Waals surface area contributed by atoms with E-state index in [1.54, 1.807) is 0 Å². The van der Waals surface area contributed by atoms with Crippen molar-refractivity contribution < 1.29 is 4.79 Å². The molecule has 1 heterocycles. The van der Waals surface area contributed by atoms with E-state index in [-0.39, 0.29) is 5.91 Å². The fourth-order valence-corrected chi connectivity index (χ4v) is 2.66. The summed E-state index contributed by atoms with van der Waals surface area (Å²) in [4.78, 5) is 19.9. The van der Waals surface area contributed by atoms with Gasteiger partial charge in [-0.15, -0.1) is 0 Å². The maximum absolute atomic E-state index is 12.1. The van der Waals surface area contributed by atoms with Gasteiger partial charge < -0.3 is 10.3 Å². The number of benzene rings is 2. The van der Waals surface area contributed by atoms with Gasteiger partial charge in [0.1, 0.15) is 5.82 Å². The molecule has 0 saturated carbocycles. The second kappa shape index (κ2) is 6.42. The third-order valence-electron chi connectivity index (χ3n) is 3.82. The molecule has 0 atom stereocenters. The largest absolute Gasteiger partial charge is 0.342 e. The molecular formula is C18H18ClN3O. The fraction of sp³-hybridized carbons (Fsp3) is 0.222. The van der Waals surface area contributed by atoms with E-state index < -0.39 is 0 Å². The van der Waals surface area contributed by atoms with Gasteiger partial charge in [0.25, 0.3) is 0 Å². The van der Waals surface area contributed by atoms with Crippen LogP contribution in [0.4, 0.5) is 5.69 Å². The van der Waals surface area contributed by atoms with Crippen molar-refractivity contribution in [2.45, 2.75) is 26.7 Å². The first-order chi connectivity index (χ1) is 11.0. The minimum Gasteiger partial charge on any atom is -0.342 e. The first kappa shape index (κ1) is 15.6. The Balaban J connectivity index is 1.65. The number of hydrogen-bond donors (Lipinski definition) is 2. The summed E-state index contributed by atoms with van der Waals surface area (Å²) in [5.41, 5.74) is 4.74. The molecule has 23 heavy (non-hydrogen) atoms. The van der Waals surface area contributed by atoms with E-state index in [2.05, 4.69) is 21.4 Å². The summed E-state index contributed by atoms with van der Waals surface area (Å²) in [5, 5.41) is 3.55. The maximum Gasteiger partial charge on any atom is 0.224 e. The monoisotopic (exact) mass is 327 g/mol. The van der Waals surface area contributed by atoms with Crippen molar-refractivity contribution in [2.24, 2.45) is 0 Å². The molecule has 5 heteroatoms. The van der Waals surface area contributed by atoms with Gasteiger partial charge in [-0.05, 0) is 49.2 Å². The number of fused-ring (bicyclic) bond motifs is 1. The summed E-state index contributed by atoms with van der Waals surface area (Å²) in [7, 11) is 0. The topological polar surface area (TPSA) is 57.8 Å². The zero-order valence-electron chi connectivity index (χ0n) is 13.1. The quantitative estimate of drug-likeness (QED) is 0.746. The molecular weight excluding hydrogens is 310 g/mol. The molecule has 0 aliphatic heterocycles. The number of aryl methyl sites for hydroxylation is 2. The van der Waals surface area contributed by atoms with Gasteiger partial charge in [0.2, 0.25) is 5.91 Å². The Hall–Kier alpha value is -2.33. The van der Waals surface area contributed by atoms with Crippen LogP contribution in [0.25, 0.3) is 11.0 Å². The Morgan fingerprint density at radius 2 is 2.09 bits per heavy atom. The van der Waals surface area contributed by atoms with Crippen LogP contribution >= 0.6 is 11.6 Å². The number of H-pyrrole nitrogens is 1. The number of halogens is 1. The van der Waals surface area contributed by atoms with Gasteiger partial charge in [0.15, 0.2) is 0 Å². The average molecular weight is 328 g/mol. The predicted octanol–water partition coefficient (Wildman–Crippen LogP) is 4.40. The maximum atomic E-state index is 12.1. The molecule has 3 aromatic rings. The molecule has 0 saturated heterocycles. The summed E-state index contributed by atoms with van der Waals surface area (Å²) in [5.74, 6) is 0.774. The number of carbonyl (C=O) groups excluding carboxylic acids is 1. The summed E-state index contributed by atoms with van der Waals surface area (Å²) < 4.78 is 0. The molecule has 0 aliphatic rings. The van der Waals surface area contributed by atoms with Gasteiger partial charge in [0.05, 0.1) is 11.0 Å². The standard InChI is InChI=1S/C18H18ClN3O/c1-11-6-7-15-16(10-11)21-17(20-15)8-9-18(23)22-14-5-3-4-13(19)12(14)2/h3-7,10H,8-9H2,1-2H3,(H,20,21)(H,22,23). The highest BCUT2D eigenvalue weighted by Gasteiger charge is 2.09. The Morgan fingerprint density at radius 3 is 2.91 bits per heavy atom. The van der Waals surface area contributed by atoms with Gasteiger partial charge in [-0.3, -0.25) is 4.79 Å². The lowest BCUT2D eigenvalue weighted by Gasteiger charge is -2.08. The number of amides is 1. The average Bonchev–Trinajstić information content (AvgIpc) is 2.92. The highest BCUT2D eigenvalue weighted by atomic mass is 35.5. The number of anilines is 1. The van der Waals surface area contributed by atoms with Crippen LogP contribution in [-0.2, 0) is 11.2 Å². The molecule has 0 aliphatic carbocycles. The van der Waals surface area contributed by atoms with Gasteiger partial charge >= 0.3 is 0 Å². The van der Waals surface area contributed by atoms with Crippen LogP contribution in [0.15, 0.2) is 36.4 Å². The van der Waals surface area contributed by atoms with Crippen molar-refractivity contribution in [3.8, 4) is 0 Å². The Labute approximate surface area is 139 Å². The van der Waals surface area contributed by atoms with Crippen LogP contribution in [-0.4, -0.2) is 15.9 Å². The Morgan fingerprint density at radius 1 is 1.26 bits per heavy atom. The van der Waals surface area contributed by atoms with E-state index in [9.17, 15) is 4.79 Å². The van der Waals surface area contributed by atoms with E-state index in [4.69, 9.17) is 11.6 Å². The SMILES string of the molecule is Cc1ccc2nc(CCC(=O)Nc3cccc(Cl)c3C)[nH]c2c1. The molecule has 2 aromatic carbocycles. The second-order valence-electron chi connectivity index (χ2n) is 5.66. The number of carbonyl (C=O) groups is 1. The van der Waals surface area contributed by atoms with Crippen LogP contribution in [0.3, 0.4) is 0 Å². The van der Waals surface area contributed by atoms with Crippen molar-refractivity contribution in [1.82, 2.24) is 9.97 Å². The van der Waals surface area contributed by atoms with E-state index in [0.29, 0.717) is 17.9 Å². The summed E-state index contributed by atoms with van der Waals surface area (Å²) >= 11 is 6.06. The normalized spacial score (nSPS) is 10.9. The van der Waals surface area contributed by atoms with Crippen LogP contribution in [0, 0.1) is 13.8 Å². The number of imidazole rings is 1. The van der Waals surface area contributed by atoms with E-state index in [0.717, 1.165) is 28.1 Å². The van der Waals surface area contributed by atoms with Crippen molar-refractivity contribution in [3.63, 3.8) is 0 Å². The Kier molecular flexibility index (Phi) is 4.35. The molecule has 2 N–H and O–H groups in total. The fourth-order valence-electron chi connectivity index (χ4n) is 2.48. The van der Waals surface area contributed by atoms with Crippen LogP contribution in [0.1, 0.15) is 23.4 Å². The predicted molar refractivity (Wildman–Crippen MR) is 94.0 cm³/mol. The van der Waals surface area contributed by atoms with Gasteiger partial charge in [0, 0.05) is 23.6 Å². The third-order valence-corrected chi connectivity index (χ3v) is 4.23. The molecule has 0 fully saturated rings. The number of hydrogen-bond acceptors (Lipinski definition) is 2. The van der Waals surface area contributed by atoms with E-state index >= 15 is 0 Å². The Bertz CT molecular complexity index is 870. The summed E-state index contributed by atoms with van der Waals surface area (Å²) in [6.45, 7) is 3.93. The van der Waals surface area contributed by atoms with E-state index in [1.807, 2.05) is 44.2 Å². The zero-order valence-corrected chi connectivity index (χ0v) is 13.9. The van der Waals surface area contributed by atoms with Crippen LogP contribution in [0.2, 0.25) is 5.02 Å².